The van der Waals surface area contributed by atoms with Crippen LogP contribution in [0.1, 0.15) is 24.9 Å². The average molecular weight is 340 g/mol. The molecule has 1 amide bonds. The van der Waals surface area contributed by atoms with E-state index in [0.717, 1.165) is 38.2 Å². The first-order chi connectivity index (χ1) is 11.1. The summed E-state index contributed by atoms with van der Waals surface area (Å²) in [6, 6.07) is 7.66. The lowest BCUT2D eigenvalue weighted by molar-refractivity contribution is -0.123. The Morgan fingerprint density at radius 3 is 2.39 bits per heavy atom. The number of aliphatic hydroxyl groups is 1. The quantitative estimate of drug-likeness (QED) is 0.791. The van der Waals surface area contributed by atoms with E-state index in [1.165, 1.54) is 0 Å². The van der Waals surface area contributed by atoms with Crippen LogP contribution >= 0.6 is 11.6 Å². The number of β-amino-alcohol motifs (C(OH)–C–C–N with tert-alkyl or cyclic N) is 1. The molecule has 1 aromatic rings. The summed E-state index contributed by atoms with van der Waals surface area (Å²) in [5, 5.41) is 12.8. The Kier molecular flexibility index (Phi) is 7.30. The third-order valence-corrected chi connectivity index (χ3v) is 4.52. The highest BCUT2D eigenvalue weighted by Gasteiger charge is 2.20. The topological polar surface area (TPSA) is 55.8 Å². The number of carbonyl (C=O) groups excluding carboxylic acids is 1. The van der Waals surface area contributed by atoms with Crippen molar-refractivity contribution in [2.45, 2.75) is 19.4 Å². The van der Waals surface area contributed by atoms with Crippen LogP contribution in [0.2, 0.25) is 5.02 Å². The number of hydrogen-bond acceptors (Lipinski definition) is 4. The molecule has 23 heavy (non-hydrogen) atoms. The highest BCUT2D eigenvalue weighted by Crippen LogP contribution is 2.19. The number of benzene rings is 1. The summed E-state index contributed by atoms with van der Waals surface area (Å²) in [6.45, 7) is 6.94. The molecule has 0 bridgehead atoms. The highest BCUT2D eigenvalue weighted by atomic mass is 35.5. The lowest BCUT2D eigenvalue weighted by Crippen LogP contribution is -2.50. The van der Waals surface area contributed by atoms with E-state index in [4.69, 9.17) is 16.7 Å². The van der Waals surface area contributed by atoms with Gasteiger partial charge in [0.05, 0.1) is 19.2 Å². The van der Waals surface area contributed by atoms with Crippen molar-refractivity contribution >= 4 is 17.5 Å². The molecule has 1 atom stereocenters. The maximum atomic E-state index is 12.3. The van der Waals surface area contributed by atoms with Gasteiger partial charge < -0.3 is 10.4 Å². The Morgan fingerprint density at radius 2 is 1.83 bits per heavy atom. The summed E-state index contributed by atoms with van der Waals surface area (Å²) < 4.78 is 0. The van der Waals surface area contributed by atoms with Gasteiger partial charge in [0, 0.05) is 37.7 Å². The van der Waals surface area contributed by atoms with E-state index < -0.39 is 0 Å². The molecule has 1 aliphatic rings. The van der Waals surface area contributed by atoms with Gasteiger partial charge in [-0.25, -0.2) is 0 Å². The van der Waals surface area contributed by atoms with E-state index >= 15 is 0 Å². The molecular formula is C17H26ClN3O2. The van der Waals surface area contributed by atoms with E-state index in [-0.39, 0.29) is 18.6 Å². The van der Waals surface area contributed by atoms with Gasteiger partial charge in [0.25, 0.3) is 0 Å². The van der Waals surface area contributed by atoms with Crippen molar-refractivity contribution in [3.8, 4) is 0 Å². The number of nitrogens with one attached hydrogen (secondary N) is 1. The van der Waals surface area contributed by atoms with Gasteiger partial charge in [0.2, 0.25) is 5.91 Å². The highest BCUT2D eigenvalue weighted by molar-refractivity contribution is 6.30. The van der Waals surface area contributed by atoms with Crippen LogP contribution in [0.5, 0.6) is 0 Å². The molecular weight excluding hydrogens is 314 g/mol. The minimum Gasteiger partial charge on any atom is -0.395 e. The van der Waals surface area contributed by atoms with Crippen molar-refractivity contribution < 1.29 is 9.90 Å². The molecule has 1 fully saturated rings. The van der Waals surface area contributed by atoms with Gasteiger partial charge in [0.1, 0.15) is 0 Å². The average Bonchev–Trinajstić information content (AvgIpc) is 2.56. The largest absolute Gasteiger partial charge is 0.395 e. The van der Waals surface area contributed by atoms with Crippen molar-refractivity contribution in [2.24, 2.45) is 0 Å². The molecule has 1 heterocycles. The molecule has 2 rings (SSSR count). The van der Waals surface area contributed by atoms with Crippen molar-refractivity contribution in [1.29, 1.82) is 0 Å². The van der Waals surface area contributed by atoms with Gasteiger partial charge in [0.15, 0.2) is 0 Å². The Labute approximate surface area is 143 Å². The molecule has 0 aromatic heterocycles. The molecule has 128 valence electrons. The maximum absolute atomic E-state index is 12.3. The molecule has 1 aliphatic heterocycles. The van der Waals surface area contributed by atoms with Gasteiger partial charge in [-0.15, -0.1) is 0 Å². The molecule has 6 heteroatoms. The molecule has 1 aromatic carbocycles. The van der Waals surface area contributed by atoms with Crippen LogP contribution in [-0.2, 0) is 4.79 Å². The molecule has 2 N–H and O–H groups in total. The van der Waals surface area contributed by atoms with E-state index in [1.807, 2.05) is 24.3 Å². The van der Waals surface area contributed by atoms with Crippen LogP contribution in [0, 0.1) is 0 Å². The van der Waals surface area contributed by atoms with Crippen molar-refractivity contribution in [2.75, 3.05) is 45.9 Å². The van der Waals surface area contributed by atoms with E-state index in [2.05, 4.69) is 22.0 Å². The summed E-state index contributed by atoms with van der Waals surface area (Å²) in [7, 11) is 0. The fourth-order valence-corrected chi connectivity index (χ4v) is 3.00. The molecule has 1 unspecified atom stereocenters. The third kappa shape index (κ3) is 5.77. The van der Waals surface area contributed by atoms with Gasteiger partial charge in [-0.2, -0.15) is 0 Å². The fourth-order valence-electron chi connectivity index (χ4n) is 2.87. The van der Waals surface area contributed by atoms with Crippen LogP contribution in [0.4, 0.5) is 0 Å². The molecule has 0 radical (unpaired) electrons. The number of amides is 1. The zero-order valence-corrected chi connectivity index (χ0v) is 14.4. The third-order valence-electron chi connectivity index (χ3n) is 4.26. The standard InChI is InChI=1S/C17H26ClN3O2/c1-2-16(14-3-5-15(18)6-4-14)19-17(23)13-21-9-7-20(8-10-21)11-12-22/h3-6,16,22H,2,7-13H2,1H3,(H,19,23). The molecule has 0 spiro atoms. The van der Waals surface area contributed by atoms with E-state index in [9.17, 15) is 4.79 Å². The SMILES string of the molecule is CCC(NC(=O)CN1CCN(CCO)CC1)c1ccc(Cl)cc1. The Morgan fingerprint density at radius 1 is 1.22 bits per heavy atom. The summed E-state index contributed by atoms with van der Waals surface area (Å²) in [4.78, 5) is 16.7. The summed E-state index contributed by atoms with van der Waals surface area (Å²) in [5.74, 6) is 0.0578. The van der Waals surface area contributed by atoms with Gasteiger partial charge in [-0.3, -0.25) is 14.6 Å². The van der Waals surface area contributed by atoms with Crippen molar-refractivity contribution in [1.82, 2.24) is 15.1 Å². The number of piperazine rings is 1. The monoisotopic (exact) mass is 339 g/mol. The number of carbonyl (C=O) groups is 1. The Bertz CT molecular complexity index is 487. The normalized spacial score (nSPS) is 17.9. The Hall–Kier alpha value is -1.14. The minimum absolute atomic E-state index is 0.0236. The first kappa shape index (κ1) is 18.2. The van der Waals surface area contributed by atoms with E-state index in [0.29, 0.717) is 18.1 Å². The zero-order chi connectivity index (χ0) is 16.7. The van der Waals surface area contributed by atoms with Crippen LogP contribution in [-0.4, -0.2) is 66.7 Å². The second-order valence-electron chi connectivity index (χ2n) is 5.92. The summed E-state index contributed by atoms with van der Waals surface area (Å²) >= 11 is 5.91. The van der Waals surface area contributed by atoms with Gasteiger partial charge >= 0.3 is 0 Å². The van der Waals surface area contributed by atoms with Crippen LogP contribution in [0.15, 0.2) is 24.3 Å². The molecule has 5 nitrogen and oxygen atoms in total. The lowest BCUT2D eigenvalue weighted by Gasteiger charge is -2.34. The number of rotatable bonds is 7. The smallest absolute Gasteiger partial charge is 0.234 e. The first-order valence-electron chi connectivity index (χ1n) is 8.22. The van der Waals surface area contributed by atoms with Crippen molar-refractivity contribution in [3.63, 3.8) is 0 Å². The second kappa shape index (κ2) is 9.23. The number of hydrogen-bond donors (Lipinski definition) is 2. The van der Waals surface area contributed by atoms with Crippen LogP contribution < -0.4 is 5.32 Å². The zero-order valence-electron chi connectivity index (χ0n) is 13.7. The van der Waals surface area contributed by atoms with Crippen LogP contribution in [0.25, 0.3) is 0 Å². The fraction of sp³-hybridized carbons (Fsp3) is 0.588. The minimum atomic E-state index is 0.0236. The second-order valence-corrected chi connectivity index (χ2v) is 6.36. The Balaban J connectivity index is 1.80. The number of halogens is 1. The van der Waals surface area contributed by atoms with Crippen LogP contribution in [0.3, 0.4) is 0 Å². The van der Waals surface area contributed by atoms with Gasteiger partial charge in [-0.05, 0) is 24.1 Å². The molecule has 1 saturated heterocycles. The lowest BCUT2D eigenvalue weighted by atomic mass is 10.0. The van der Waals surface area contributed by atoms with E-state index in [1.54, 1.807) is 0 Å². The van der Waals surface area contributed by atoms with Crippen molar-refractivity contribution in [3.05, 3.63) is 34.9 Å². The first-order valence-corrected chi connectivity index (χ1v) is 8.60. The predicted octanol–water partition coefficient (Wildman–Crippen LogP) is 1.52. The molecule has 0 saturated carbocycles. The number of nitrogens with zero attached hydrogens (tertiary/aromatic N) is 2. The summed E-state index contributed by atoms with van der Waals surface area (Å²) in [6.07, 6.45) is 0.845. The molecule has 0 aliphatic carbocycles. The maximum Gasteiger partial charge on any atom is 0.234 e. The van der Waals surface area contributed by atoms with Gasteiger partial charge in [-0.1, -0.05) is 30.7 Å². The predicted molar refractivity (Wildman–Crippen MR) is 92.6 cm³/mol. The number of aliphatic hydroxyl groups excluding tert-OH is 1. The summed E-state index contributed by atoms with van der Waals surface area (Å²) in [5.41, 5.74) is 1.08.